The van der Waals surface area contributed by atoms with Gasteiger partial charge in [0, 0.05) is 36.0 Å². The molecular formula is C24H25BrN2O4. The topological polar surface area (TPSA) is 71.6 Å². The van der Waals surface area contributed by atoms with Crippen LogP contribution in [-0.2, 0) is 20.7 Å². The number of rotatable bonds is 6. The van der Waals surface area contributed by atoms with Crippen LogP contribution in [-0.4, -0.2) is 42.5 Å². The maximum atomic E-state index is 13.2. The van der Waals surface area contributed by atoms with Crippen molar-refractivity contribution < 1.29 is 19.1 Å². The summed E-state index contributed by atoms with van der Waals surface area (Å²) in [7, 11) is 3.00. The van der Waals surface area contributed by atoms with Crippen LogP contribution in [0.15, 0.2) is 46.9 Å². The molecular weight excluding hydrogens is 460 g/mol. The molecule has 3 aromatic rings. The Labute approximate surface area is 189 Å². The Kier molecular flexibility index (Phi) is 6.32. The number of H-pyrrole nitrogens is 1. The van der Waals surface area contributed by atoms with Gasteiger partial charge in [0.25, 0.3) is 0 Å². The summed E-state index contributed by atoms with van der Waals surface area (Å²) < 4.78 is 11.1. The van der Waals surface area contributed by atoms with Crippen molar-refractivity contribution in [2.75, 3.05) is 20.8 Å². The van der Waals surface area contributed by atoms with Crippen LogP contribution >= 0.6 is 15.9 Å². The molecule has 0 saturated carbocycles. The summed E-state index contributed by atoms with van der Waals surface area (Å²) >= 11 is 3.52. The van der Waals surface area contributed by atoms with Gasteiger partial charge in [0.1, 0.15) is 5.75 Å². The maximum Gasteiger partial charge on any atom is 0.305 e. The van der Waals surface area contributed by atoms with E-state index in [1.54, 1.807) is 7.11 Å². The Morgan fingerprint density at radius 3 is 2.74 bits per heavy atom. The first-order valence-electron chi connectivity index (χ1n) is 10.3. The van der Waals surface area contributed by atoms with Crippen LogP contribution in [0.4, 0.5) is 0 Å². The molecule has 1 aliphatic heterocycles. The lowest BCUT2D eigenvalue weighted by Crippen LogP contribution is -2.40. The minimum absolute atomic E-state index is 0.0279. The van der Waals surface area contributed by atoms with Gasteiger partial charge in [0.2, 0.25) is 5.91 Å². The van der Waals surface area contributed by atoms with Gasteiger partial charge in [-0.15, -0.1) is 0 Å². The number of benzene rings is 2. The number of amides is 1. The number of nitrogens with zero attached hydrogens (tertiary/aromatic N) is 1. The third-order valence-electron chi connectivity index (χ3n) is 5.84. The summed E-state index contributed by atoms with van der Waals surface area (Å²) in [5, 5.41) is 1.20. The Hall–Kier alpha value is -2.80. The molecule has 2 aromatic carbocycles. The zero-order chi connectivity index (χ0) is 22.0. The van der Waals surface area contributed by atoms with E-state index in [2.05, 4.69) is 33.0 Å². The van der Waals surface area contributed by atoms with Crippen LogP contribution in [0.1, 0.15) is 42.1 Å². The second-order valence-electron chi connectivity index (χ2n) is 7.63. The predicted octanol–water partition coefficient (Wildman–Crippen LogP) is 4.76. The molecule has 4 rings (SSSR count). The fraction of sp³-hybridized carbons (Fsp3) is 0.333. The highest BCUT2D eigenvalue weighted by molar-refractivity contribution is 9.10. The first-order chi connectivity index (χ1) is 15.0. The van der Waals surface area contributed by atoms with Crippen LogP contribution in [0.25, 0.3) is 10.9 Å². The fourth-order valence-electron chi connectivity index (χ4n) is 4.33. The van der Waals surface area contributed by atoms with Gasteiger partial charge in [-0.2, -0.15) is 0 Å². The number of carbonyl (C=O) groups excluding carboxylic acids is 2. The van der Waals surface area contributed by atoms with Gasteiger partial charge >= 0.3 is 5.97 Å². The average Bonchev–Trinajstić information content (AvgIpc) is 3.17. The van der Waals surface area contributed by atoms with Crippen LogP contribution < -0.4 is 4.74 Å². The molecule has 0 fully saturated rings. The van der Waals surface area contributed by atoms with Crippen LogP contribution in [0, 0.1) is 0 Å². The number of ether oxygens (including phenoxy) is 2. The standard InChI is InChI=1S/C24H25BrN2O4/c1-30-20-14-15(10-11-18(20)25)24-23-17(16-6-3-4-7-19(16)26-23)12-13-27(24)21(28)8-5-9-22(29)31-2/h3-4,6-7,10-11,14,24,26H,5,8-9,12-13H2,1-2H3. The van der Waals surface area contributed by atoms with Crippen molar-refractivity contribution in [2.45, 2.75) is 31.7 Å². The molecule has 162 valence electrons. The second-order valence-corrected chi connectivity index (χ2v) is 8.48. The Morgan fingerprint density at radius 2 is 1.97 bits per heavy atom. The Bertz CT molecular complexity index is 1120. The second kappa shape index (κ2) is 9.14. The number of fused-ring (bicyclic) bond motifs is 3. The molecule has 1 aromatic heterocycles. The molecule has 1 amide bonds. The molecule has 0 spiro atoms. The molecule has 1 N–H and O–H groups in total. The number of methoxy groups -OCH3 is 2. The quantitative estimate of drug-likeness (QED) is 0.512. The average molecular weight is 485 g/mol. The van der Waals surface area contributed by atoms with E-state index >= 15 is 0 Å². The lowest BCUT2D eigenvalue weighted by Gasteiger charge is -2.36. The van der Waals surface area contributed by atoms with Gasteiger partial charge < -0.3 is 19.4 Å². The third kappa shape index (κ3) is 4.19. The summed E-state index contributed by atoms with van der Waals surface area (Å²) in [4.78, 5) is 30.1. The zero-order valence-corrected chi connectivity index (χ0v) is 19.2. The minimum atomic E-state index is -0.293. The van der Waals surface area contributed by atoms with Gasteiger partial charge in [-0.25, -0.2) is 0 Å². The van der Waals surface area contributed by atoms with Crippen LogP contribution in [0.3, 0.4) is 0 Å². The molecule has 6 nitrogen and oxygen atoms in total. The zero-order valence-electron chi connectivity index (χ0n) is 17.6. The van der Waals surface area contributed by atoms with Crippen LogP contribution in [0.5, 0.6) is 5.75 Å². The first-order valence-corrected chi connectivity index (χ1v) is 11.1. The lowest BCUT2D eigenvalue weighted by atomic mass is 9.91. The molecule has 0 saturated heterocycles. The molecule has 7 heteroatoms. The summed E-state index contributed by atoms with van der Waals surface area (Å²) in [5.74, 6) is 0.456. The van der Waals surface area contributed by atoms with Gasteiger partial charge in [0.05, 0.1) is 24.7 Å². The van der Waals surface area contributed by atoms with E-state index in [-0.39, 0.29) is 24.3 Å². The molecule has 2 heterocycles. The monoisotopic (exact) mass is 484 g/mol. The largest absolute Gasteiger partial charge is 0.496 e. The SMILES string of the molecule is COC(=O)CCCC(=O)N1CCc2c([nH]c3ccccc23)C1c1ccc(Br)c(OC)c1. The van der Waals surface area contributed by atoms with Gasteiger partial charge in [0.15, 0.2) is 0 Å². The predicted molar refractivity (Wildman–Crippen MR) is 122 cm³/mol. The minimum Gasteiger partial charge on any atom is -0.496 e. The van der Waals surface area contributed by atoms with E-state index in [0.717, 1.165) is 33.4 Å². The number of para-hydroxylation sites is 1. The number of esters is 1. The van der Waals surface area contributed by atoms with Gasteiger partial charge in [-0.1, -0.05) is 24.3 Å². The Morgan fingerprint density at radius 1 is 1.16 bits per heavy atom. The van der Waals surface area contributed by atoms with Crippen molar-refractivity contribution in [3.63, 3.8) is 0 Å². The van der Waals surface area contributed by atoms with Gasteiger partial charge in [-0.3, -0.25) is 9.59 Å². The van der Waals surface area contributed by atoms with E-state index in [0.29, 0.717) is 19.4 Å². The molecule has 1 atom stereocenters. The van der Waals surface area contributed by atoms with E-state index in [1.807, 2.05) is 35.2 Å². The van der Waals surface area contributed by atoms with E-state index in [9.17, 15) is 9.59 Å². The van der Waals surface area contributed by atoms with E-state index in [1.165, 1.54) is 18.1 Å². The van der Waals surface area contributed by atoms with Crippen molar-refractivity contribution in [3.05, 3.63) is 63.8 Å². The van der Waals surface area contributed by atoms with Crippen molar-refractivity contribution in [1.29, 1.82) is 0 Å². The summed E-state index contributed by atoms with van der Waals surface area (Å²) in [6, 6.07) is 13.9. The summed E-state index contributed by atoms with van der Waals surface area (Å²) in [6.07, 6.45) is 1.80. The van der Waals surface area contributed by atoms with E-state index < -0.39 is 0 Å². The highest BCUT2D eigenvalue weighted by atomic mass is 79.9. The fourth-order valence-corrected chi connectivity index (χ4v) is 4.74. The van der Waals surface area contributed by atoms with Crippen molar-refractivity contribution >= 4 is 38.7 Å². The molecule has 0 bridgehead atoms. The smallest absolute Gasteiger partial charge is 0.305 e. The highest BCUT2D eigenvalue weighted by Gasteiger charge is 2.34. The number of hydrogen-bond acceptors (Lipinski definition) is 4. The third-order valence-corrected chi connectivity index (χ3v) is 6.50. The number of halogens is 1. The number of aromatic amines is 1. The van der Waals surface area contributed by atoms with Crippen LogP contribution in [0.2, 0.25) is 0 Å². The maximum absolute atomic E-state index is 13.2. The number of carbonyl (C=O) groups is 2. The number of aromatic nitrogens is 1. The lowest BCUT2D eigenvalue weighted by molar-refractivity contribution is -0.141. The normalized spacial score (nSPS) is 15.6. The Balaban J connectivity index is 1.73. The molecule has 31 heavy (non-hydrogen) atoms. The molecule has 1 aliphatic rings. The summed E-state index contributed by atoms with van der Waals surface area (Å²) in [6.45, 7) is 0.620. The number of nitrogens with one attached hydrogen (secondary N) is 1. The van der Waals surface area contributed by atoms with Gasteiger partial charge in [-0.05, 0) is 58.1 Å². The van der Waals surface area contributed by atoms with E-state index in [4.69, 9.17) is 9.47 Å². The van der Waals surface area contributed by atoms with Crippen molar-refractivity contribution in [2.24, 2.45) is 0 Å². The van der Waals surface area contributed by atoms with Crippen molar-refractivity contribution in [3.8, 4) is 5.75 Å². The summed E-state index contributed by atoms with van der Waals surface area (Å²) in [5.41, 5.74) is 4.34. The van der Waals surface area contributed by atoms with Crippen molar-refractivity contribution in [1.82, 2.24) is 9.88 Å². The molecule has 0 radical (unpaired) electrons. The molecule has 1 unspecified atom stereocenters. The number of hydrogen-bond donors (Lipinski definition) is 1. The highest BCUT2D eigenvalue weighted by Crippen LogP contribution is 2.40. The first kappa shape index (κ1) is 21.4. The molecule has 0 aliphatic carbocycles.